The Labute approximate surface area is 171 Å². The van der Waals surface area contributed by atoms with Crippen molar-refractivity contribution in [2.45, 2.75) is 23.6 Å². The number of hydrogen-bond acceptors (Lipinski definition) is 9. The fourth-order valence-electron chi connectivity index (χ4n) is 2.15. The summed E-state index contributed by atoms with van der Waals surface area (Å²) in [6.45, 7) is 4.98. The molecule has 0 aliphatic rings. The molecule has 160 valence electrons. The van der Waals surface area contributed by atoms with Crippen LogP contribution in [0.25, 0.3) is 0 Å². The van der Waals surface area contributed by atoms with Gasteiger partial charge in [-0.2, -0.15) is 36.4 Å². The molecule has 0 aliphatic heterocycles. The third kappa shape index (κ3) is 7.82. The Morgan fingerprint density at radius 2 is 0.966 bits per heavy atom. The molecule has 2 aromatic carbocycles. The molecule has 3 N–H and O–H groups in total. The van der Waals surface area contributed by atoms with Gasteiger partial charge in [0.2, 0.25) is 0 Å². The van der Waals surface area contributed by atoms with Crippen LogP contribution in [0.4, 0.5) is 0 Å². The number of hydrogen-bond donors (Lipinski definition) is 3. The molecule has 0 fully saturated rings. The summed E-state index contributed by atoms with van der Waals surface area (Å²) in [5, 5.41) is 2.98. The minimum atomic E-state index is -3.86. The number of benzene rings is 2. The third-order valence-corrected chi connectivity index (χ3v) is 6.14. The van der Waals surface area contributed by atoms with E-state index in [1.54, 1.807) is 24.3 Å². The fourth-order valence-corrected chi connectivity index (χ4v) is 3.76. The van der Waals surface area contributed by atoms with Gasteiger partial charge >= 0.3 is 20.2 Å². The van der Waals surface area contributed by atoms with E-state index in [0.29, 0.717) is 13.1 Å². The van der Waals surface area contributed by atoms with E-state index < -0.39 is 20.2 Å². The molecule has 0 spiro atoms. The molecule has 0 amide bonds. The van der Waals surface area contributed by atoms with Crippen molar-refractivity contribution in [2.75, 3.05) is 26.2 Å². The summed E-state index contributed by atoms with van der Waals surface area (Å²) in [7, 11) is -7.72. The molecule has 0 aliphatic carbocycles. The van der Waals surface area contributed by atoms with Crippen molar-refractivity contribution in [3.05, 3.63) is 59.7 Å². The highest BCUT2D eigenvalue weighted by Gasteiger charge is 2.15. The highest BCUT2D eigenvalue weighted by molar-refractivity contribution is 7.87. The lowest BCUT2D eigenvalue weighted by molar-refractivity contribution is 0.197. The van der Waals surface area contributed by atoms with Crippen molar-refractivity contribution in [3.63, 3.8) is 0 Å². The van der Waals surface area contributed by atoms with E-state index in [4.69, 9.17) is 8.57 Å². The van der Waals surface area contributed by atoms with E-state index >= 15 is 0 Å². The quantitative estimate of drug-likeness (QED) is 0.326. The van der Waals surface area contributed by atoms with Crippen LogP contribution in [-0.4, -0.2) is 43.0 Å². The van der Waals surface area contributed by atoms with Crippen LogP contribution in [-0.2, 0) is 28.8 Å². The fraction of sp³-hybridized carbons (Fsp3) is 0.333. The first-order valence-electron chi connectivity index (χ1n) is 8.87. The first kappa shape index (κ1) is 23.4. The maximum Gasteiger partial charge on any atom is 0.312 e. The molecule has 0 bridgehead atoms. The minimum absolute atomic E-state index is 0.0692. The lowest BCUT2D eigenvalue weighted by atomic mass is 10.2. The second-order valence-corrected chi connectivity index (χ2v) is 9.33. The van der Waals surface area contributed by atoms with Gasteiger partial charge in [-0.15, -0.1) is 0 Å². The zero-order valence-electron chi connectivity index (χ0n) is 16.2. The van der Waals surface area contributed by atoms with Gasteiger partial charge in [0.25, 0.3) is 0 Å². The van der Waals surface area contributed by atoms with E-state index in [9.17, 15) is 16.8 Å². The molecule has 2 rings (SSSR count). The lowest BCUT2D eigenvalue weighted by Crippen LogP contribution is -2.34. The largest absolute Gasteiger partial charge is 0.314 e. The number of aryl methyl sites for hydroxylation is 2. The van der Waals surface area contributed by atoms with Crippen molar-refractivity contribution >= 4 is 20.2 Å². The second-order valence-electron chi connectivity index (χ2n) is 6.24. The Morgan fingerprint density at radius 3 is 1.31 bits per heavy atom. The van der Waals surface area contributed by atoms with Gasteiger partial charge in [-0.3, -0.25) is 0 Å². The van der Waals surface area contributed by atoms with Crippen molar-refractivity contribution in [2.24, 2.45) is 0 Å². The van der Waals surface area contributed by atoms with Gasteiger partial charge in [-0.1, -0.05) is 35.4 Å². The summed E-state index contributed by atoms with van der Waals surface area (Å²) in [6, 6.07) is 12.6. The van der Waals surface area contributed by atoms with Crippen LogP contribution >= 0.6 is 0 Å². The molecule has 29 heavy (non-hydrogen) atoms. The van der Waals surface area contributed by atoms with Gasteiger partial charge < -0.3 is 5.32 Å². The highest BCUT2D eigenvalue weighted by atomic mass is 32.2. The Hall–Kier alpha value is -1.86. The van der Waals surface area contributed by atoms with Crippen LogP contribution in [0.15, 0.2) is 58.3 Å². The zero-order chi connectivity index (χ0) is 21.3. The summed E-state index contributed by atoms with van der Waals surface area (Å²) in [4.78, 5) is 0.138. The molecule has 2 aromatic rings. The molecular formula is C18H25N3O6S2. The van der Waals surface area contributed by atoms with Crippen molar-refractivity contribution in [3.8, 4) is 0 Å². The second kappa shape index (κ2) is 10.8. The Balaban J connectivity index is 1.58. The van der Waals surface area contributed by atoms with Crippen LogP contribution in [0.2, 0.25) is 0 Å². The summed E-state index contributed by atoms with van der Waals surface area (Å²) in [6.07, 6.45) is 0. The Morgan fingerprint density at radius 1 is 0.621 bits per heavy atom. The molecule has 0 saturated heterocycles. The Bertz CT molecular complexity index is 894. The average Bonchev–Trinajstić information content (AvgIpc) is 2.67. The molecule has 0 heterocycles. The van der Waals surface area contributed by atoms with Gasteiger partial charge in [-0.05, 0) is 38.1 Å². The lowest BCUT2D eigenvalue weighted by Gasteiger charge is -2.09. The maximum atomic E-state index is 12.0. The van der Waals surface area contributed by atoms with Gasteiger partial charge in [0.15, 0.2) is 0 Å². The van der Waals surface area contributed by atoms with Gasteiger partial charge in [0.1, 0.15) is 0 Å². The summed E-state index contributed by atoms with van der Waals surface area (Å²) in [5.41, 5.74) is 6.66. The SMILES string of the molecule is Cc1ccc(S(=O)(=O)ONCCNCCNOS(=O)(=O)c2ccc(C)cc2)cc1. The van der Waals surface area contributed by atoms with Crippen LogP contribution in [0.3, 0.4) is 0 Å². The van der Waals surface area contributed by atoms with E-state index in [1.165, 1.54) is 24.3 Å². The van der Waals surface area contributed by atoms with Crippen molar-refractivity contribution in [1.82, 2.24) is 16.3 Å². The molecule has 0 saturated carbocycles. The molecule has 0 radical (unpaired) electrons. The molecule has 0 aromatic heterocycles. The summed E-state index contributed by atoms with van der Waals surface area (Å²) in [5.74, 6) is 0. The maximum absolute atomic E-state index is 12.0. The number of nitrogens with one attached hydrogen (secondary N) is 3. The van der Waals surface area contributed by atoms with Crippen LogP contribution in [0.1, 0.15) is 11.1 Å². The third-order valence-electron chi connectivity index (χ3n) is 3.76. The predicted octanol–water partition coefficient (Wildman–Crippen LogP) is 1.01. The van der Waals surface area contributed by atoms with Crippen LogP contribution in [0.5, 0.6) is 0 Å². The number of hydroxylamine groups is 2. The van der Waals surface area contributed by atoms with E-state index in [2.05, 4.69) is 16.3 Å². The molecular weight excluding hydrogens is 418 g/mol. The average molecular weight is 444 g/mol. The van der Waals surface area contributed by atoms with Crippen LogP contribution in [0, 0.1) is 13.8 Å². The first-order chi connectivity index (χ1) is 13.7. The zero-order valence-corrected chi connectivity index (χ0v) is 17.8. The normalized spacial score (nSPS) is 12.2. The summed E-state index contributed by atoms with van der Waals surface area (Å²) >= 11 is 0. The van der Waals surface area contributed by atoms with Crippen molar-refractivity contribution in [1.29, 1.82) is 0 Å². The molecule has 0 unspecified atom stereocenters. The van der Waals surface area contributed by atoms with Gasteiger partial charge in [0.05, 0.1) is 9.79 Å². The van der Waals surface area contributed by atoms with Crippen molar-refractivity contribution < 1.29 is 25.4 Å². The molecule has 9 nitrogen and oxygen atoms in total. The Kier molecular flexibility index (Phi) is 8.71. The smallest absolute Gasteiger partial charge is 0.312 e. The topological polar surface area (TPSA) is 123 Å². The van der Waals surface area contributed by atoms with Crippen LogP contribution < -0.4 is 16.3 Å². The van der Waals surface area contributed by atoms with E-state index in [-0.39, 0.29) is 22.9 Å². The monoisotopic (exact) mass is 443 g/mol. The van der Waals surface area contributed by atoms with Gasteiger partial charge in [-0.25, -0.2) is 0 Å². The number of rotatable bonds is 12. The van der Waals surface area contributed by atoms with E-state index in [0.717, 1.165) is 11.1 Å². The minimum Gasteiger partial charge on any atom is -0.314 e. The molecule has 0 atom stereocenters. The van der Waals surface area contributed by atoms with Gasteiger partial charge in [0, 0.05) is 26.2 Å². The summed E-state index contributed by atoms with van der Waals surface area (Å²) < 4.78 is 57.3. The predicted molar refractivity (Wildman–Crippen MR) is 108 cm³/mol. The first-order valence-corrected chi connectivity index (χ1v) is 11.7. The highest BCUT2D eigenvalue weighted by Crippen LogP contribution is 2.12. The standard InChI is InChI=1S/C18H25N3O6S2/c1-15-3-7-17(8-4-15)28(22,23)26-20-13-11-19-12-14-21-27-29(24,25)18-9-5-16(2)6-10-18/h3-10,19-21H,11-14H2,1-2H3. The van der Waals surface area contributed by atoms with E-state index in [1.807, 2.05) is 13.8 Å². The molecule has 11 heteroatoms.